The Balaban J connectivity index is 3.25. The van der Waals surface area contributed by atoms with Gasteiger partial charge in [0.25, 0.3) is 0 Å². The van der Waals surface area contributed by atoms with Crippen LogP contribution in [0.4, 0.5) is 0 Å². The molecule has 22 heavy (non-hydrogen) atoms. The monoisotopic (exact) mass is 387 g/mol. The smallest absolute Gasteiger partial charge is 0.321 e. The highest BCUT2D eigenvalue weighted by atomic mass is 35.5. The van der Waals surface area contributed by atoms with Gasteiger partial charge in [0.05, 0.1) is 16.7 Å². The molecule has 0 radical (unpaired) electrons. The van der Waals surface area contributed by atoms with E-state index in [4.69, 9.17) is 39.5 Å². The number of ether oxygens (including phenoxy) is 1. The molecular formula is C13H16Cl3NO4S. The second kappa shape index (κ2) is 8.36. The first kappa shape index (κ1) is 19.5. The molecule has 0 aromatic heterocycles. The molecule has 0 bridgehead atoms. The minimum absolute atomic E-state index is 0.0949. The number of carbonyl (C=O) groups excluding carboxylic acids is 1. The van der Waals surface area contributed by atoms with Crippen molar-refractivity contribution in [3.8, 4) is 0 Å². The number of benzene rings is 1. The molecule has 1 aromatic carbocycles. The van der Waals surface area contributed by atoms with Crippen LogP contribution < -0.4 is 0 Å². The lowest BCUT2D eigenvalue weighted by Crippen LogP contribution is -2.37. The van der Waals surface area contributed by atoms with Crippen LogP contribution in [0.3, 0.4) is 0 Å². The number of carbonyl (C=O) groups is 1. The van der Waals surface area contributed by atoms with Crippen molar-refractivity contribution in [2.24, 2.45) is 0 Å². The van der Waals surface area contributed by atoms with Crippen molar-refractivity contribution in [2.45, 2.75) is 25.2 Å². The Bertz CT molecular complexity index is 626. The van der Waals surface area contributed by atoms with E-state index < -0.39 is 22.5 Å². The van der Waals surface area contributed by atoms with E-state index in [9.17, 15) is 13.2 Å². The summed E-state index contributed by atoms with van der Waals surface area (Å²) in [7, 11) is -4.04. The quantitative estimate of drug-likeness (QED) is 0.669. The number of hydrogen-bond donors (Lipinski definition) is 0. The van der Waals surface area contributed by atoms with E-state index in [0.29, 0.717) is 6.42 Å². The SMILES string of the molecule is CCCN(CC(=O)OCC)S(=O)(=O)c1c(Cl)cc(Cl)cc1Cl. The number of hydrogen-bond acceptors (Lipinski definition) is 4. The maximum Gasteiger partial charge on any atom is 0.321 e. The third-order valence-electron chi connectivity index (χ3n) is 2.64. The topological polar surface area (TPSA) is 63.7 Å². The molecule has 0 spiro atoms. The van der Waals surface area contributed by atoms with Crippen LogP contribution >= 0.6 is 34.8 Å². The third-order valence-corrected chi connectivity index (χ3v) is 5.63. The Hall–Kier alpha value is -0.530. The molecule has 0 saturated heterocycles. The zero-order valence-corrected chi connectivity index (χ0v) is 15.2. The van der Waals surface area contributed by atoms with Crippen molar-refractivity contribution in [3.05, 3.63) is 27.2 Å². The summed E-state index contributed by atoms with van der Waals surface area (Å²) in [5.74, 6) is -0.638. The van der Waals surface area contributed by atoms with Crippen LogP contribution in [0.1, 0.15) is 20.3 Å². The Morgan fingerprint density at radius 2 is 1.73 bits per heavy atom. The van der Waals surface area contributed by atoms with E-state index in [1.807, 2.05) is 0 Å². The van der Waals surface area contributed by atoms with Gasteiger partial charge in [0.2, 0.25) is 10.0 Å². The van der Waals surface area contributed by atoms with Crippen LogP contribution in [0.5, 0.6) is 0 Å². The Morgan fingerprint density at radius 3 is 2.18 bits per heavy atom. The molecule has 1 aromatic rings. The maximum absolute atomic E-state index is 12.7. The van der Waals surface area contributed by atoms with Crippen molar-refractivity contribution in [1.82, 2.24) is 4.31 Å². The minimum Gasteiger partial charge on any atom is -0.465 e. The number of rotatable bonds is 7. The van der Waals surface area contributed by atoms with Crippen LogP contribution in [0.2, 0.25) is 15.1 Å². The summed E-state index contributed by atoms with van der Waals surface area (Å²) >= 11 is 17.7. The van der Waals surface area contributed by atoms with Crippen molar-refractivity contribution in [2.75, 3.05) is 19.7 Å². The molecule has 0 N–H and O–H groups in total. The first-order chi connectivity index (χ1) is 10.2. The van der Waals surface area contributed by atoms with Gasteiger partial charge in [0, 0.05) is 11.6 Å². The first-order valence-electron chi connectivity index (χ1n) is 6.54. The molecule has 0 aliphatic carbocycles. The highest BCUT2D eigenvalue weighted by Gasteiger charge is 2.31. The summed E-state index contributed by atoms with van der Waals surface area (Å²) in [6.45, 7) is 3.33. The average Bonchev–Trinajstić information content (AvgIpc) is 2.36. The molecule has 0 heterocycles. The highest BCUT2D eigenvalue weighted by molar-refractivity contribution is 7.89. The van der Waals surface area contributed by atoms with Crippen LogP contribution in [-0.2, 0) is 19.6 Å². The Morgan fingerprint density at radius 1 is 1.18 bits per heavy atom. The summed E-state index contributed by atoms with van der Waals surface area (Å²) in [6.07, 6.45) is 0.515. The largest absolute Gasteiger partial charge is 0.465 e. The molecule has 9 heteroatoms. The number of nitrogens with zero attached hydrogens (tertiary/aromatic N) is 1. The van der Waals surface area contributed by atoms with Gasteiger partial charge in [0.1, 0.15) is 11.4 Å². The number of esters is 1. The minimum atomic E-state index is -4.04. The van der Waals surface area contributed by atoms with Gasteiger partial charge in [0.15, 0.2) is 0 Å². The fourth-order valence-electron chi connectivity index (χ4n) is 1.79. The first-order valence-corrected chi connectivity index (χ1v) is 9.11. The molecule has 0 atom stereocenters. The van der Waals surface area contributed by atoms with E-state index >= 15 is 0 Å². The number of halogens is 3. The average molecular weight is 389 g/mol. The predicted octanol–water partition coefficient (Wildman–Crippen LogP) is 3.61. The van der Waals surface area contributed by atoms with Gasteiger partial charge in [-0.1, -0.05) is 41.7 Å². The lowest BCUT2D eigenvalue weighted by atomic mass is 10.4. The molecule has 0 unspecified atom stereocenters. The van der Waals surface area contributed by atoms with Crippen LogP contribution in [0.25, 0.3) is 0 Å². The lowest BCUT2D eigenvalue weighted by Gasteiger charge is -2.22. The lowest BCUT2D eigenvalue weighted by molar-refractivity contribution is -0.143. The summed E-state index contributed by atoms with van der Waals surface area (Å²) < 4.78 is 31.2. The Labute approximate surface area is 145 Å². The molecule has 5 nitrogen and oxygen atoms in total. The van der Waals surface area contributed by atoms with E-state index in [-0.39, 0.29) is 33.1 Å². The van der Waals surface area contributed by atoms with Crippen molar-refractivity contribution in [3.63, 3.8) is 0 Å². The summed E-state index contributed by atoms with van der Waals surface area (Å²) in [6, 6.07) is 2.58. The molecule has 0 aliphatic heterocycles. The third kappa shape index (κ3) is 4.73. The van der Waals surface area contributed by atoms with E-state index in [1.165, 1.54) is 12.1 Å². The summed E-state index contributed by atoms with van der Waals surface area (Å²) in [5.41, 5.74) is 0. The van der Waals surface area contributed by atoms with Gasteiger partial charge in [-0.15, -0.1) is 0 Å². The molecular weight excluding hydrogens is 373 g/mol. The van der Waals surface area contributed by atoms with Crippen LogP contribution in [-0.4, -0.2) is 38.4 Å². The van der Waals surface area contributed by atoms with Gasteiger partial charge >= 0.3 is 5.97 Å². The summed E-state index contributed by atoms with van der Waals surface area (Å²) in [4.78, 5) is 11.3. The van der Waals surface area contributed by atoms with Crippen molar-refractivity contribution >= 4 is 50.8 Å². The zero-order chi connectivity index (χ0) is 16.9. The normalized spacial score (nSPS) is 11.7. The van der Waals surface area contributed by atoms with Gasteiger partial charge in [-0.3, -0.25) is 4.79 Å². The van der Waals surface area contributed by atoms with Crippen molar-refractivity contribution < 1.29 is 17.9 Å². The standard InChI is InChI=1S/C13H16Cl3NO4S/c1-3-5-17(8-12(18)21-4-2)22(19,20)13-10(15)6-9(14)7-11(13)16/h6-7H,3-5,8H2,1-2H3. The number of sulfonamides is 1. The molecule has 124 valence electrons. The second-order valence-electron chi connectivity index (χ2n) is 4.34. The predicted molar refractivity (Wildman–Crippen MR) is 87.2 cm³/mol. The molecule has 1 rings (SSSR count). The molecule has 0 fully saturated rings. The molecule has 0 saturated carbocycles. The van der Waals surface area contributed by atoms with E-state index in [0.717, 1.165) is 4.31 Å². The molecule has 0 aliphatic rings. The zero-order valence-electron chi connectivity index (χ0n) is 12.1. The van der Waals surface area contributed by atoms with E-state index in [2.05, 4.69) is 0 Å². The highest BCUT2D eigenvalue weighted by Crippen LogP contribution is 2.34. The van der Waals surface area contributed by atoms with Crippen molar-refractivity contribution in [1.29, 1.82) is 0 Å². The fraction of sp³-hybridized carbons (Fsp3) is 0.462. The van der Waals surface area contributed by atoms with Gasteiger partial charge in [-0.25, -0.2) is 8.42 Å². The maximum atomic E-state index is 12.7. The van der Waals surface area contributed by atoms with Gasteiger partial charge in [-0.2, -0.15) is 4.31 Å². The van der Waals surface area contributed by atoms with Gasteiger partial charge < -0.3 is 4.74 Å². The Kier molecular flexibility index (Phi) is 7.41. The van der Waals surface area contributed by atoms with E-state index in [1.54, 1.807) is 13.8 Å². The van der Waals surface area contributed by atoms with Gasteiger partial charge in [-0.05, 0) is 25.5 Å². The second-order valence-corrected chi connectivity index (χ2v) is 7.47. The van der Waals surface area contributed by atoms with Crippen LogP contribution in [0.15, 0.2) is 17.0 Å². The fourth-order valence-corrected chi connectivity index (χ4v) is 4.76. The molecule has 0 amide bonds. The summed E-state index contributed by atoms with van der Waals surface area (Å²) in [5, 5.41) is 0.0336. The van der Waals surface area contributed by atoms with Crippen LogP contribution in [0, 0.1) is 0 Å².